The zero-order chi connectivity index (χ0) is 43.0. The number of aromatic nitrogens is 8. The lowest BCUT2D eigenvalue weighted by atomic mass is 10.0. The number of hydrogen-bond acceptors (Lipinski definition) is 8. The van der Waals surface area contributed by atoms with Crippen molar-refractivity contribution in [1.82, 2.24) is 39.0 Å². The van der Waals surface area contributed by atoms with Crippen LogP contribution in [0.15, 0.2) is 216 Å². The molecule has 0 fully saturated rings. The summed E-state index contributed by atoms with van der Waals surface area (Å²) in [4.78, 5) is 57.7. The van der Waals surface area contributed by atoms with Gasteiger partial charge in [0.05, 0.1) is 22.4 Å². The fraction of sp³-hybridized carbons (Fsp3) is 0. The van der Waals surface area contributed by atoms with E-state index in [9.17, 15) is 9.59 Å². The van der Waals surface area contributed by atoms with Crippen molar-refractivity contribution in [2.45, 2.75) is 0 Å². The molecule has 0 amide bonds. The van der Waals surface area contributed by atoms with Crippen LogP contribution in [-0.4, -0.2) is 39.0 Å². The molecule has 0 N–H and O–H groups in total. The number of benzene rings is 7. The second-order valence-corrected chi connectivity index (χ2v) is 15.1. The highest BCUT2D eigenvalue weighted by atomic mass is 16.1. The quantitative estimate of drug-likeness (QED) is 0.148. The number of fused-ring (bicyclic) bond motifs is 2. The third-order valence-corrected chi connectivity index (χ3v) is 11.1. The molecule has 0 unspecified atom stereocenters. The van der Waals surface area contributed by atoms with Gasteiger partial charge in [0.25, 0.3) is 0 Å². The van der Waals surface area contributed by atoms with Crippen molar-refractivity contribution >= 4 is 21.8 Å². The monoisotopic (exact) mass is 826 g/mol. The first-order valence-electron chi connectivity index (χ1n) is 20.7. The molecule has 0 radical (unpaired) electrons. The Labute approximate surface area is 366 Å². The number of pyridine rings is 2. The molecule has 0 saturated carbocycles. The van der Waals surface area contributed by atoms with Gasteiger partial charge in [-0.2, -0.15) is 0 Å². The van der Waals surface area contributed by atoms with Crippen LogP contribution in [0.5, 0.6) is 0 Å². The highest BCUT2D eigenvalue weighted by Gasteiger charge is 2.24. The summed E-state index contributed by atoms with van der Waals surface area (Å²) < 4.78 is 3.98. The first-order chi connectivity index (χ1) is 31.6. The highest BCUT2D eigenvalue weighted by Crippen LogP contribution is 2.39. The molecule has 0 aliphatic heterocycles. The van der Waals surface area contributed by atoms with Crippen molar-refractivity contribution < 1.29 is 0 Å². The Hall–Kier alpha value is -9.02. The fourth-order valence-corrected chi connectivity index (χ4v) is 8.02. The van der Waals surface area contributed by atoms with Crippen LogP contribution in [0.1, 0.15) is 0 Å². The average Bonchev–Trinajstić information content (AvgIpc) is 3.37. The molecular formula is C54H34N8O2. The van der Waals surface area contributed by atoms with Crippen LogP contribution in [0.3, 0.4) is 0 Å². The largest absolute Gasteiger partial charge is 0.314 e. The van der Waals surface area contributed by atoms with E-state index in [0.29, 0.717) is 79.3 Å². The van der Waals surface area contributed by atoms with Crippen LogP contribution in [0.4, 0.5) is 0 Å². The molecule has 0 aliphatic rings. The van der Waals surface area contributed by atoms with Crippen LogP contribution >= 0.6 is 0 Å². The summed E-state index contributed by atoms with van der Waals surface area (Å²) in [6, 6.07) is 61.4. The Morgan fingerprint density at radius 1 is 0.297 bits per heavy atom. The maximum absolute atomic E-state index is 13.4. The number of rotatable bonds is 8. The average molecular weight is 827 g/mol. The summed E-state index contributed by atoms with van der Waals surface area (Å²) >= 11 is 0. The molecule has 11 rings (SSSR count). The molecule has 10 nitrogen and oxygen atoms in total. The normalized spacial score (nSPS) is 11.2. The van der Waals surface area contributed by atoms with Gasteiger partial charge < -0.3 is 9.13 Å². The lowest BCUT2D eigenvalue weighted by Crippen LogP contribution is -2.13. The molecule has 11 aromatic rings. The van der Waals surface area contributed by atoms with Gasteiger partial charge in [0, 0.05) is 68.7 Å². The maximum Gasteiger partial charge on any atom is 0.189 e. The fourth-order valence-electron chi connectivity index (χ4n) is 8.02. The van der Waals surface area contributed by atoms with E-state index in [1.807, 2.05) is 191 Å². The van der Waals surface area contributed by atoms with E-state index in [-0.39, 0.29) is 10.9 Å². The van der Waals surface area contributed by atoms with Gasteiger partial charge in [-0.3, -0.25) is 9.59 Å². The van der Waals surface area contributed by atoms with Gasteiger partial charge in [-0.15, -0.1) is 0 Å². The van der Waals surface area contributed by atoms with E-state index < -0.39 is 0 Å². The second kappa shape index (κ2) is 16.1. The third-order valence-electron chi connectivity index (χ3n) is 11.1. The highest BCUT2D eigenvalue weighted by molar-refractivity contribution is 5.89. The van der Waals surface area contributed by atoms with Crippen LogP contribution in [-0.2, 0) is 0 Å². The summed E-state index contributed by atoms with van der Waals surface area (Å²) in [5, 5.41) is 1.09. The lowest BCUT2D eigenvalue weighted by Gasteiger charge is -2.22. The van der Waals surface area contributed by atoms with Crippen LogP contribution in [0.2, 0.25) is 0 Å². The van der Waals surface area contributed by atoms with E-state index in [0.717, 1.165) is 22.3 Å². The van der Waals surface area contributed by atoms with E-state index >= 15 is 0 Å². The number of nitrogens with zero attached hydrogens (tertiary/aromatic N) is 8. The maximum atomic E-state index is 13.4. The van der Waals surface area contributed by atoms with Gasteiger partial charge in [0.2, 0.25) is 0 Å². The van der Waals surface area contributed by atoms with Crippen molar-refractivity contribution in [2.75, 3.05) is 0 Å². The minimum atomic E-state index is -0.108. The first kappa shape index (κ1) is 37.9. The molecular weight excluding hydrogens is 793 g/mol. The molecule has 302 valence electrons. The Kier molecular flexibility index (Phi) is 9.55. The number of hydrogen-bond donors (Lipinski definition) is 0. The van der Waals surface area contributed by atoms with Crippen molar-refractivity contribution in [2.24, 2.45) is 0 Å². The Bertz CT molecular complexity index is 3300. The summed E-state index contributed by atoms with van der Waals surface area (Å²) in [5.74, 6) is 2.65. The summed E-state index contributed by atoms with van der Waals surface area (Å²) in [7, 11) is 0. The van der Waals surface area contributed by atoms with Crippen molar-refractivity contribution in [3.05, 3.63) is 227 Å². The predicted octanol–water partition coefficient (Wildman–Crippen LogP) is 10.7. The van der Waals surface area contributed by atoms with Crippen LogP contribution in [0, 0.1) is 0 Å². The second-order valence-electron chi connectivity index (χ2n) is 15.1. The minimum Gasteiger partial charge on any atom is -0.314 e. The molecule has 0 bridgehead atoms. The van der Waals surface area contributed by atoms with Gasteiger partial charge in [0.15, 0.2) is 45.8 Å². The summed E-state index contributed by atoms with van der Waals surface area (Å²) in [6.45, 7) is 0. The molecule has 7 aromatic carbocycles. The molecule has 0 atom stereocenters. The summed E-state index contributed by atoms with van der Waals surface area (Å²) in [5.41, 5.74) is 6.92. The van der Waals surface area contributed by atoms with Gasteiger partial charge in [-0.05, 0) is 36.4 Å². The van der Waals surface area contributed by atoms with Crippen molar-refractivity contribution in [1.29, 1.82) is 0 Å². The smallest absolute Gasteiger partial charge is 0.189 e. The minimum absolute atomic E-state index is 0.108. The lowest BCUT2D eigenvalue weighted by molar-refractivity contribution is 1.02. The predicted molar refractivity (Wildman–Crippen MR) is 252 cm³/mol. The van der Waals surface area contributed by atoms with Gasteiger partial charge in [-0.1, -0.05) is 146 Å². The molecule has 10 heteroatoms. The van der Waals surface area contributed by atoms with E-state index in [4.69, 9.17) is 29.9 Å². The zero-order valence-electron chi connectivity index (χ0n) is 34.0. The molecule has 0 saturated heterocycles. The van der Waals surface area contributed by atoms with Gasteiger partial charge in [0.1, 0.15) is 0 Å². The van der Waals surface area contributed by atoms with Gasteiger partial charge in [-0.25, -0.2) is 29.9 Å². The number of para-hydroxylation sites is 2. The topological polar surface area (TPSA) is 121 Å². The molecule has 4 heterocycles. The Morgan fingerprint density at radius 2 is 0.578 bits per heavy atom. The molecule has 64 heavy (non-hydrogen) atoms. The van der Waals surface area contributed by atoms with Crippen molar-refractivity contribution in [3.63, 3.8) is 0 Å². The van der Waals surface area contributed by atoms with Crippen LogP contribution < -0.4 is 10.9 Å². The first-order valence-corrected chi connectivity index (χ1v) is 20.7. The third kappa shape index (κ3) is 7.00. The van der Waals surface area contributed by atoms with E-state index in [2.05, 4.69) is 0 Å². The standard InChI is InChI=1S/C54H34N8O2/c63-47-29-31-61(43-27-15-13-25-39(43)47)45-33-41(53-57-49(35-17-5-1-6-18-35)55-50(58-53)36-19-7-2-8-20-36)42(34-46(45)62-32-30-48(64)40-26-14-16-28-44(40)62)54-59-51(37-21-9-3-10-22-37)56-52(60-54)38-23-11-4-12-24-38/h1-34H. The van der Waals surface area contributed by atoms with E-state index in [1.165, 1.54) is 0 Å². The summed E-state index contributed by atoms with van der Waals surface area (Å²) in [6.07, 6.45) is 3.56. The van der Waals surface area contributed by atoms with Crippen LogP contribution in [0.25, 0.3) is 102 Å². The van der Waals surface area contributed by atoms with Gasteiger partial charge >= 0.3 is 0 Å². The molecule has 0 aliphatic carbocycles. The van der Waals surface area contributed by atoms with Crippen molar-refractivity contribution in [3.8, 4) is 79.7 Å². The zero-order valence-corrected chi connectivity index (χ0v) is 34.0. The van der Waals surface area contributed by atoms with E-state index in [1.54, 1.807) is 24.5 Å². The SMILES string of the molecule is O=c1ccn(-c2cc(-c3nc(-c4ccccc4)nc(-c4ccccc4)n3)c(-c3nc(-c4ccccc4)nc(-c4ccccc4)n3)cc2-n2ccc(=O)c3ccccc32)c2ccccc12. The Morgan fingerprint density at radius 3 is 0.906 bits per heavy atom. The molecule has 4 aromatic heterocycles. The molecule has 0 spiro atoms. The Balaban J connectivity index is 1.30.